The molecule has 13 nitrogen and oxygen atoms in total. The number of hydrogen-bond donors (Lipinski definition) is 8. The van der Waals surface area contributed by atoms with E-state index in [0.717, 1.165) is 0 Å². The van der Waals surface area contributed by atoms with Crippen molar-refractivity contribution in [2.45, 2.75) is 50.2 Å². The van der Waals surface area contributed by atoms with Crippen LogP contribution in [-0.4, -0.2) is 76.2 Å². The number of carboxylic acid groups (broad SMARTS) is 2. The van der Waals surface area contributed by atoms with Crippen LogP contribution < -0.4 is 27.4 Å². The molecule has 0 radical (unpaired) electrons. The van der Waals surface area contributed by atoms with Crippen molar-refractivity contribution in [3.8, 4) is 5.75 Å². The van der Waals surface area contributed by atoms with E-state index >= 15 is 0 Å². The van der Waals surface area contributed by atoms with E-state index in [9.17, 15) is 34.2 Å². The Morgan fingerprint density at radius 3 is 1.94 bits per heavy atom. The van der Waals surface area contributed by atoms with Gasteiger partial charge in [0.25, 0.3) is 0 Å². The van der Waals surface area contributed by atoms with Crippen LogP contribution in [0.3, 0.4) is 0 Å². The van der Waals surface area contributed by atoms with Crippen molar-refractivity contribution >= 4 is 29.7 Å². The molecule has 3 amide bonds. The van der Waals surface area contributed by atoms with Gasteiger partial charge in [-0.1, -0.05) is 12.1 Å². The van der Waals surface area contributed by atoms with Crippen molar-refractivity contribution in [2.75, 3.05) is 13.1 Å². The summed E-state index contributed by atoms with van der Waals surface area (Å²) in [6.45, 7) is -0.122. The van der Waals surface area contributed by atoms with Crippen LogP contribution in [0.25, 0.3) is 0 Å². The number of nitrogens with one attached hydrogen (secondary N) is 3. The van der Waals surface area contributed by atoms with Gasteiger partial charge in [-0.3, -0.25) is 19.2 Å². The van der Waals surface area contributed by atoms with Gasteiger partial charge in [0.15, 0.2) is 0 Å². The summed E-state index contributed by atoms with van der Waals surface area (Å²) in [5.41, 5.74) is 11.2. The Balaban J connectivity index is 3.09. The van der Waals surface area contributed by atoms with E-state index in [-0.39, 0.29) is 18.6 Å². The molecule has 0 saturated carbocycles. The van der Waals surface area contributed by atoms with Crippen molar-refractivity contribution in [3.63, 3.8) is 0 Å². The number of amides is 3. The third-order valence-corrected chi connectivity index (χ3v) is 4.79. The standard InChI is InChI=1S/C21H31N5O8/c22-8-2-1-3-14(21(33)34)25-19(31)15(9-12-4-6-13(27)7-5-12)26-20(32)16(10-18(29)30)24-17(28)11-23/h4-7,14-16,27H,1-3,8-11,22-23H2,(H,24,28)(H,25,31)(H,26,32)(H,29,30)(H,33,34). The summed E-state index contributed by atoms with van der Waals surface area (Å²) in [4.78, 5) is 60.0. The molecule has 0 aliphatic rings. The van der Waals surface area contributed by atoms with Crippen LogP contribution in [0.4, 0.5) is 0 Å². The van der Waals surface area contributed by atoms with Crippen molar-refractivity contribution in [1.82, 2.24) is 16.0 Å². The SMILES string of the molecule is NCCCCC(NC(=O)C(Cc1ccc(O)cc1)NC(=O)C(CC(=O)O)NC(=O)CN)C(=O)O. The van der Waals surface area contributed by atoms with E-state index in [1.54, 1.807) is 0 Å². The van der Waals surface area contributed by atoms with Crippen LogP contribution >= 0.6 is 0 Å². The molecule has 1 rings (SSSR count). The maximum atomic E-state index is 12.9. The van der Waals surface area contributed by atoms with Crippen LogP contribution in [0.5, 0.6) is 5.75 Å². The average Bonchev–Trinajstić information content (AvgIpc) is 2.78. The largest absolute Gasteiger partial charge is 0.508 e. The smallest absolute Gasteiger partial charge is 0.326 e. The fraction of sp³-hybridized carbons (Fsp3) is 0.476. The van der Waals surface area contributed by atoms with Gasteiger partial charge in [-0.25, -0.2) is 4.79 Å². The molecule has 0 aliphatic heterocycles. The summed E-state index contributed by atoms with van der Waals surface area (Å²) in [7, 11) is 0. The molecule has 0 heterocycles. The number of phenols is 1. The van der Waals surface area contributed by atoms with Crippen LogP contribution in [0.1, 0.15) is 31.2 Å². The summed E-state index contributed by atoms with van der Waals surface area (Å²) < 4.78 is 0. The van der Waals surface area contributed by atoms with Gasteiger partial charge in [0.1, 0.15) is 23.9 Å². The number of aliphatic carboxylic acids is 2. The highest BCUT2D eigenvalue weighted by Gasteiger charge is 2.30. The number of phenolic OH excluding ortho intramolecular Hbond substituents is 1. The number of nitrogens with two attached hydrogens (primary N) is 2. The highest BCUT2D eigenvalue weighted by atomic mass is 16.4. The van der Waals surface area contributed by atoms with Crippen LogP contribution in [-0.2, 0) is 30.4 Å². The van der Waals surface area contributed by atoms with Gasteiger partial charge < -0.3 is 42.7 Å². The quantitative estimate of drug-likeness (QED) is 0.129. The molecule has 0 saturated heterocycles. The molecule has 13 heteroatoms. The van der Waals surface area contributed by atoms with E-state index in [1.165, 1.54) is 24.3 Å². The fourth-order valence-corrected chi connectivity index (χ4v) is 3.01. The third kappa shape index (κ3) is 10.3. The normalized spacial score (nSPS) is 13.2. The Morgan fingerprint density at radius 2 is 1.41 bits per heavy atom. The maximum absolute atomic E-state index is 12.9. The van der Waals surface area contributed by atoms with Gasteiger partial charge in [-0.15, -0.1) is 0 Å². The van der Waals surface area contributed by atoms with Gasteiger partial charge in [0, 0.05) is 6.42 Å². The summed E-state index contributed by atoms with van der Waals surface area (Å²) in [6, 6.07) is 1.69. The van der Waals surface area contributed by atoms with E-state index in [2.05, 4.69) is 16.0 Å². The average molecular weight is 482 g/mol. The molecule has 0 bridgehead atoms. The predicted molar refractivity (Wildman–Crippen MR) is 119 cm³/mol. The molecule has 10 N–H and O–H groups in total. The molecule has 34 heavy (non-hydrogen) atoms. The van der Waals surface area contributed by atoms with Crippen LogP contribution in [0.2, 0.25) is 0 Å². The van der Waals surface area contributed by atoms with Crippen molar-refractivity contribution in [3.05, 3.63) is 29.8 Å². The second kappa shape index (κ2) is 14.4. The molecule has 0 aromatic heterocycles. The second-order valence-corrected chi connectivity index (χ2v) is 7.54. The lowest BCUT2D eigenvalue weighted by Gasteiger charge is -2.24. The highest BCUT2D eigenvalue weighted by Crippen LogP contribution is 2.12. The number of carbonyl (C=O) groups is 5. The molecule has 3 unspecified atom stereocenters. The zero-order valence-corrected chi connectivity index (χ0v) is 18.5. The highest BCUT2D eigenvalue weighted by molar-refractivity contribution is 5.95. The van der Waals surface area contributed by atoms with Gasteiger partial charge in [-0.05, 0) is 43.5 Å². The molecule has 1 aromatic rings. The van der Waals surface area contributed by atoms with E-state index in [1.807, 2.05) is 0 Å². The number of benzene rings is 1. The summed E-state index contributed by atoms with van der Waals surface area (Å²) >= 11 is 0. The summed E-state index contributed by atoms with van der Waals surface area (Å²) in [5, 5.41) is 34.9. The van der Waals surface area contributed by atoms with Crippen molar-refractivity contribution in [1.29, 1.82) is 0 Å². The minimum Gasteiger partial charge on any atom is -0.508 e. The Morgan fingerprint density at radius 1 is 0.824 bits per heavy atom. The predicted octanol–water partition coefficient (Wildman–Crippen LogP) is -1.96. The Hall–Kier alpha value is -3.71. The molecular formula is C21H31N5O8. The van der Waals surface area contributed by atoms with Gasteiger partial charge >= 0.3 is 11.9 Å². The number of carboxylic acids is 2. The van der Waals surface area contributed by atoms with Crippen LogP contribution in [0, 0.1) is 0 Å². The number of unbranched alkanes of at least 4 members (excludes halogenated alkanes) is 1. The molecule has 3 atom stereocenters. The summed E-state index contributed by atoms with van der Waals surface area (Å²) in [6.07, 6.45) is 0.269. The Kier molecular flexibility index (Phi) is 12.0. The number of hydrogen-bond acceptors (Lipinski definition) is 8. The first-order chi connectivity index (χ1) is 16.1. The maximum Gasteiger partial charge on any atom is 0.326 e. The number of carbonyl (C=O) groups excluding carboxylic acids is 3. The van der Waals surface area contributed by atoms with E-state index < -0.39 is 60.8 Å². The molecule has 0 aliphatic carbocycles. The van der Waals surface area contributed by atoms with E-state index in [0.29, 0.717) is 24.9 Å². The second-order valence-electron chi connectivity index (χ2n) is 7.54. The first-order valence-electron chi connectivity index (χ1n) is 10.6. The van der Waals surface area contributed by atoms with Crippen LogP contribution in [0.15, 0.2) is 24.3 Å². The lowest BCUT2D eigenvalue weighted by molar-refractivity contribution is -0.143. The lowest BCUT2D eigenvalue weighted by Crippen LogP contribution is -2.57. The summed E-state index contributed by atoms with van der Waals surface area (Å²) in [5.74, 6) is -5.21. The minimum atomic E-state index is -1.51. The first-order valence-corrected chi connectivity index (χ1v) is 10.6. The van der Waals surface area contributed by atoms with Crippen molar-refractivity contribution in [2.24, 2.45) is 11.5 Å². The zero-order valence-electron chi connectivity index (χ0n) is 18.5. The molecule has 188 valence electrons. The third-order valence-electron chi connectivity index (χ3n) is 4.79. The monoisotopic (exact) mass is 481 g/mol. The van der Waals surface area contributed by atoms with Gasteiger partial charge in [0.05, 0.1) is 13.0 Å². The minimum absolute atomic E-state index is 0.0225. The fourth-order valence-electron chi connectivity index (χ4n) is 3.01. The Bertz CT molecular complexity index is 861. The topological polar surface area (TPSA) is 234 Å². The van der Waals surface area contributed by atoms with Crippen molar-refractivity contribution < 1.29 is 39.3 Å². The first kappa shape index (κ1) is 28.3. The molecule has 0 spiro atoms. The zero-order chi connectivity index (χ0) is 25.7. The number of aromatic hydroxyl groups is 1. The molecule has 1 aromatic carbocycles. The lowest BCUT2D eigenvalue weighted by atomic mass is 10.0. The van der Waals surface area contributed by atoms with Gasteiger partial charge in [-0.2, -0.15) is 0 Å². The number of rotatable bonds is 15. The molecule has 0 fully saturated rings. The van der Waals surface area contributed by atoms with Gasteiger partial charge in [0.2, 0.25) is 17.7 Å². The van der Waals surface area contributed by atoms with E-state index in [4.69, 9.17) is 16.6 Å². The Labute approximate surface area is 195 Å². The molecular weight excluding hydrogens is 450 g/mol.